The molecule has 5 atom stereocenters. The predicted octanol–water partition coefficient (Wildman–Crippen LogP) is 4.40. The van der Waals surface area contributed by atoms with Crippen LogP contribution >= 0.6 is 0 Å². The van der Waals surface area contributed by atoms with Crippen LogP contribution in [0.3, 0.4) is 0 Å². The molecule has 140 valence electrons. The van der Waals surface area contributed by atoms with Crippen LogP contribution in [0.1, 0.15) is 69.9 Å². The zero-order valence-corrected chi connectivity index (χ0v) is 15.9. The molecule has 4 heteroatoms. The first-order chi connectivity index (χ1) is 12.4. The van der Waals surface area contributed by atoms with Crippen molar-refractivity contribution in [2.45, 2.75) is 71.3 Å². The highest BCUT2D eigenvalue weighted by Gasteiger charge is 2.53. The summed E-state index contributed by atoms with van der Waals surface area (Å²) in [5, 5.41) is 0. The van der Waals surface area contributed by atoms with E-state index in [0.29, 0.717) is 28.9 Å². The Kier molecular flexibility index (Phi) is 4.32. The summed E-state index contributed by atoms with van der Waals surface area (Å²) in [5.74, 6) is 2.12. The van der Waals surface area contributed by atoms with E-state index in [1.165, 1.54) is 44.2 Å². The monoisotopic (exact) mass is 356 g/mol. The Morgan fingerprint density at radius 2 is 1.96 bits per heavy atom. The molecule has 4 nitrogen and oxygen atoms in total. The van der Waals surface area contributed by atoms with Gasteiger partial charge in [-0.15, -0.1) is 0 Å². The van der Waals surface area contributed by atoms with E-state index >= 15 is 0 Å². The van der Waals surface area contributed by atoms with E-state index in [2.05, 4.69) is 19.1 Å². The van der Waals surface area contributed by atoms with Gasteiger partial charge in [0.25, 0.3) is 0 Å². The van der Waals surface area contributed by atoms with Crippen molar-refractivity contribution in [2.24, 2.45) is 17.3 Å². The van der Waals surface area contributed by atoms with E-state index in [1.54, 1.807) is 0 Å². The van der Waals surface area contributed by atoms with Crippen LogP contribution in [0.4, 0.5) is 0 Å². The molecule has 0 amide bonds. The van der Waals surface area contributed by atoms with Crippen LogP contribution in [-0.4, -0.2) is 18.0 Å². The van der Waals surface area contributed by atoms with Gasteiger partial charge in [-0.1, -0.05) is 13.0 Å². The molecular weight excluding hydrogens is 328 g/mol. The Labute approximate surface area is 155 Å². The van der Waals surface area contributed by atoms with Gasteiger partial charge >= 0.3 is 11.9 Å². The Morgan fingerprint density at radius 3 is 2.69 bits per heavy atom. The predicted molar refractivity (Wildman–Crippen MR) is 97.9 cm³/mol. The number of aryl methyl sites for hydroxylation is 1. The number of ether oxygens (including phenoxy) is 2. The maximum atomic E-state index is 11.4. The van der Waals surface area contributed by atoms with E-state index in [1.807, 2.05) is 6.07 Å². The third-order valence-electron chi connectivity index (χ3n) is 7.02. The molecule has 0 saturated heterocycles. The average molecular weight is 356 g/mol. The third kappa shape index (κ3) is 3.04. The summed E-state index contributed by atoms with van der Waals surface area (Å²) in [5.41, 5.74) is 3.08. The molecule has 0 radical (unpaired) electrons. The first kappa shape index (κ1) is 17.6. The lowest BCUT2D eigenvalue weighted by molar-refractivity contribution is -0.146. The zero-order chi connectivity index (χ0) is 18.5. The molecule has 1 aromatic carbocycles. The van der Waals surface area contributed by atoms with Crippen molar-refractivity contribution in [1.82, 2.24) is 0 Å². The maximum Gasteiger partial charge on any atom is 0.308 e. The van der Waals surface area contributed by atoms with Gasteiger partial charge in [-0.3, -0.25) is 9.59 Å². The fourth-order valence-corrected chi connectivity index (χ4v) is 6.11. The van der Waals surface area contributed by atoms with Gasteiger partial charge in [-0.2, -0.15) is 0 Å². The quantitative estimate of drug-likeness (QED) is 0.582. The van der Waals surface area contributed by atoms with Crippen LogP contribution in [0.5, 0.6) is 5.75 Å². The highest BCUT2D eigenvalue weighted by molar-refractivity contribution is 5.69. The summed E-state index contributed by atoms with van der Waals surface area (Å²) in [6.07, 6.45) is 6.72. The second-order valence-electron chi connectivity index (χ2n) is 8.73. The topological polar surface area (TPSA) is 52.6 Å². The minimum Gasteiger partial charge on any atom is -0.463 e. The van der Waals surface area contributed by atoms with Crippen molar-refractivity contribution in [2.75, 3.05) is 0 Å². The fourth-order valence-electron chi connectivity index (χ4n) is 6.11. The normalized spacial score (nSPS) is 35.0. The van der Waals surface area contributed by atoms with Crippen LogP contribution in [0.15, 0.2) is 18.2 Å². The number of fused-ring (bicyclic) bond motifs is 5. The van der Waals surface area contributed by atoms with Gasteiger partial charge in [0.1, 0.15) is 11.9 Å². The van der Waals surface area contributed by atoms with Gasteiger partial charge in [0.2, 0.25) is 0 Å². The Balaban J connectivity index is 1.57. The van der Waals surface area contributed by atoms with Crippen LogP contribution in [0.25, 0.3) is 0 Å². The Morgan fingerprint density at radius 1 is 1.15 bits per heavy atom. The zero-order valence-electron chi connectivity index (χ0n) is 15.9. The summed E-state index contributed by atoms with van der Waals surface area (Å²) >= 11 is 0. The van der Waals surface area contributed by atoms with E-state index in [9.17, 15) is 9.59 Å². The molecule has 0 spiro atoms. The van der Waals surface area contributed by atoms with Gasteiger partial charge in [0.15, 0.2) is 0 Å². The molecule has 0 N–H and O–H groups in total. The first-order valence-corrected chi connectivity index (χ1v) is 9.84. The van der Waals surface area contributed by atoms with Gasteiger partial charge in [-0.25, -0.2) is 0 Å². The molecule has 0 aliphatic heterocycles. The second-order valence-corrected chi connectivity index (χ2v) is 8.73. The molecule has 2 fully saturated rings. The molecule has 3 aliphatic rings. The minimum atomic E-state index is -0.269. The standard InChI is InChI=1S/C22H28O4/c1-13(23)25-16-5-7-18-15(10-16)4-6-20-19(18)8-9-22(3)12-17(11-21(20)22)26-14(2)24/h5,7,10,17,19-21H,4,6,8-9,11-12H2,1-3H3. The first-order valence-electron chi connectivity index (χ1n) is 9.84. The molecule has 0 heterocycles. The number of esters is 2. The van der Waals surface area contributed by atoms with Gasteiger partial charge in [0, 0.05) is 13.8 Å². The van der Waals surface area contributed by atoms with Crippen molar-refractivity contribution < 1.29 is 19.1 Å². The molecule has 3 aliphatic carbocycles. The highest BCUT2D eigenvalue weighted by atomic mass is 16.5. The lowest BCUT2D eigenvalue weighted by atomic mass is 9.56. The highest BCUT2D eigenvalue weighted by Crippen LogP contribution is 2.61. The van der Waals surface area contributed by atoms with E-state index < -0.39 is 0 Å². The van der Waals surface area contributed by atoms with E-state index in [4.69, 9.17) is 9.47 Å². The van der Waals surface area contributed by atoms with Crippen LogP contribution in [-0.2, 0) is 20.7 Å². The van der Waals surface area contributed by atoms with Gasteiger partial charge < -0.3 is 9.47 Å². The number of hydrogen-bond donors (Lipinski definition) is 0. The fraction of sp³-hybridized carbons (Fsp3) is 0.636. The second kappa shape index (κ2) is 6.40. The van der Waals surface area contributed by atoms with Crippen molar-refractivity contribution in [3.63, 3.8) is 0 Å². The lowest BCUT2D eigenvalue weighted by Gasteiger charge is -2.49. The molecular formula is C22H28O4. The summed E-state index contributed by atoms with van der Waals surface area (Å²) in [7, 11) is 0. The van der Waals surface area contributed by atoms with Crippen LogP contribution in [0.2, 0.25) is 0 Å². The van der Waals surface area contributed by atoms with Crippen molar-refractivity contribution >= 4 is 11.9 Å². The summed E-state index contributed by atoms with van der Waals surface area (Å²) in [4.78, 5) is 22.6. The van der Waals surface area contributed by atoms with Crippen molar-refractivity contribution in [3.05, 3.63) is 29.3 Å². The smallest absolute Gasteiger partial charge is 0.308 e. The number of hydrogen-bond acceptors (Lipinski definition) is 4. The third-order valence-corrected chi connectivity index (χ3v) is 7.02. The Bertz CT molecular complexity index is 740. The molecule has 1 aromatic rings. The molecule has 2 saturated carbocycles. The lowest BCUT2D eigenvalue weighted by Crippen LogP contribution is -2.39. The maximum absolute atomic E-state index is 11.4. The van der Waals surface area contributed by atoms with Gasteiger partial charge in [-0.05, 0) is 85.0 Å². The Hall–Kier alpha value is -1.84. The summed E-state index contributed by atoms with van der Waals surface area (Å²) < 4.78 is 10.8. The number of carbonyl (C=O) groups is 2. The molecule has 26 heavy (non-hydrogen) atoms. The van der Waals surface area contributed by atoms with E-state index in [-0.39, 0.29) is 18.0 Å². The summed E-state index contributed by atoms with van der Waals surface area (Å²) in [6.45, 7) is 5.36. The van der Waals surface area contributed by atoms with Gasteiger partial charge in [0.05, 0.1) is 0 Å². The molecule has 0 aromatic heterocycles. The number of benzene rings is 1. The summed E-state index contributed by atoms with van der Waals surface area (Å²) in [6, 6.07) is 6.16. The molecule has 0 bridgehead atoms. The average Bonchev–Trinajstić information content (AvgIpc) is 2.89. The van der Waals surface area contributed by atoms with Crippen molar-refractivity contribution in [1.29, 1.82) is 0 Å². The van der Waals surface area contributed by atoms with E-state index in [0.717, 1.165) is 19.3 Å². The van der Waals surface area contributed by atoms with Crippen molar-refractivity contribution in [3.8, 4) is 5.75 Å². The number of carbonyl (C=O) groups excluding carboxylic acids is 2. The SMILES string of the molecule is CC(=O)Oc1ccc2c(c1)CCC1C2CCC2(C)CC(OC(C)=O)CC12. The number of rotatable bonds is 2. The molecule has 5 unspecified atom stereocenters. The largest absolute Gasteiger partial charge is 0.463 e. The molecule has 4 rings (SSSR count). The van der Waals surface area contributed by atoms with Crippen LogP contribution in [0, 0.1) is 17.3 Å². The minimum absolute atomic E-state index is 0.0917. The van der Waals surface area contributed by atoms with Crippen LogP contribution < -0.4 is 4.74 Å².